The molecule has 0 bridgehead atoms. The maximum atomic E-state index is 2.55. The zero-order valence-electron chi connectivity index (χ0n) is 15.4. The first-order valence-corrected chi connectivity index (χ1v) is 9.71. The van der Waals surface area contributed by atoms with E-state index in [0.717, 1.165) is 13.1 Å². The van der Waals surface area contributed by atoms with Gasteiger partial charge in [-0.05, 0) is 54.4 Å². The minimum Gasteiger partial charge on any atom is -0.371 e. The summed E-state index contributed by atoms with van der Waals surface area (Å²) in [6.07, 6.45) is 4.83. The van der Waals surface area contributed by atoms with Crippen LogP contribution in [0.25, 0.3) is 0 Å². The highest BCUT2D eigenvalue weighted by molar-refractivity contribution is 5.46. The van der Waals surface area contributed by atoms with Crippen molar-refractivity contribution in [2.24, 2.45) is 5.41 Å². The standard InChI is InChI=1S/C25H27N/c1-4-10-22(11-5-1)20-25(21-23-12-6-2-7-13-23)16-18-26(19-17-25)24-14-8-3-9-15-24/h1-15H,16-21H2. The van der Waals surface area contributed by atoms with Gasteiger partial charge in [-0.3, -0.25) is 0 Å². The molecule has 1 fully saturated rings. The van der Waals surface area contributed by atoms with Crippen molar-refractivity contribution in [3.8, 4) is 0 Å². The highest BCUT2D eigenvalue weighted by Gasteiger charge is 2.35. The van der Waals surface area contributed by atoms with Gasteiger partial charge in [-0.1, -0.05) is 78.9 Å². The van der Waals surface area contributed by atoms with E-state index in [9.17, 15) is 0 Å². The first-order valence-electron chi connectivity index (χ1n) is 9.71. The Morgan fingerprint density at radius 1 is 0.577 bits per heavy atom. The highest BCUT2D eigenvalue weighted by atomic mass is 15.1. The Bertz CT molecular complexity index is 744. The molecular formula is C25H27N. The second kappa shape index (κ2) is 7.78. The van der Waals surface area contributed by atoms with E-state index in [1.165, 1.54) is 42.5 Å². The Hall–Kier alpha value is -2.54. The lowest BCUT2D eigenvalue weighted by atomic mass is 9.70. The fraction of sp³-hybridized carbons (Fsp3) is 0.280. The Kier molecular flexibility index (Phi) is 5.06. The van der Waals surface area contributed by atoms with Gasteiger partial charge in [0.2, 0.25) is 0 Å². The fourth-order valence-electron chi connectivity index (χ4n) is 4.35. The predicted octanol–water partition coefficient (Wildman–Crippen LogP) is 5.76. The van der Waals surface area contributed by atoms with Gasteiger partial charge in [0.1, 0.15) is 0 Å². The first kappa shape index (κ1) is 16.9. The Balaban J connectivity index is 1.54. The van der Waals surface area contributed by atoms with Crippen LogP contribution in [0.1, 0.15) is 24.0 Å². The molecule has 0 aliphatic carbocycles. The number of hydrogen-bond acceptors (Lipinski definition) is 1. The third kappa shape index (κ3) is 3.99. The van der Waals surface area contributed by atoms with Crippen molar-refractivity contribution < 1.29 is 0 Å². The Morgan fingerprint density at radius 3 is 1.46 bits per heavy atom. The van der Waals surface area contributed by atoms with E-state index < -0.39 is 0 Å². The van der Waals surface area contributed by atoms with Crippen LogP contribution in [0.3, 0.4) is 0 Å². The van der Waals surface area contributed by atoms with Crippen molar-refractivity contribution in [3.63, 3.8) is 0 Å². The summed E-state index contributed by atoms with van der Waals surface area (Å²) in [5.41, 5.74) is 4.65. The molecule has 26 heavy (non-hydrogen) atoms. The molecule has 4 rings (SSSR count). The van der Waals surface area contributed by atoms with E-state index in [4.69, 9.17) is 0 Å². The van der Waals surface area contributed by atoms with Crippen LogP contribution in [-0.2, 0) is 12.8 Å². The quantitative estimate of drug-likeness (QED) is 0.570. The molecule has 1 aliphatic rings. The van der Waals surface area contributed by atoms with Crippen molar-refractivity contribution in [2.45, 2.75) is 25.7 Å². The van der Waals surface area contributed by atoms with Gasteiger partial charge >= 0.3 is 0 Å². The molecule has 1 nitrogen and oxygen atoms in total. The zero-order chi connectivity index (χ0) is 17.7. The van der Waals surface area contributed by atoms with Crippen LogP contribution in [0.4, 0.5) is 5.69 Å². The van der Waals surface area contributed by atoms with E-state index in [1.54, 1.807) is 0 Å². The van der Waals surface area contributed by atoms with Crippen molar-refractivity contribution >= 4 is 5.69 Å². The number of benzene rings is 3. The van der Waals surface area contributed by atoms with Crippen LogP contribution in [0.5, 0.6) is 0 Å². The largest absolute Gasteiger partial charge is 0.371 e. The lowest BCUT2D eigenvalue weighted by Gasteiger charge is -2.43. The normalized spacial score (nSPS) is 16.4. The third-order valence-corrected chi connectivity index (χ3v) is 5.79. The summed E-state index contributed by atoms with van der Waals surface area (Å²) in [4.78, 5) is 2.55. The lowest BCUT2D eigenvalue weighted by Crippen LogP contribution is -2.42. The van der Waals surface area contributed by atoms with Crippen LogP contribution in [-0.4, -0.2) is 13.1 Å². The van der Waals surface area contributed by atoms with Crippen LogP contribution in [0.15, 0.2) is 91.0 Å². The predicted molar refractivity (Wildman–Crippen MR) is 111 cm³/mol. The van der Waals surface area contributed by atoms with Crippen molar-refractivity contribution in [3.05, 3.63) is 102 Å². The molecule has 0 aromatic heterocycles. The van der Waals surface area contributed by atoms with E-state index in [1.807, 2.05) is 0 Å². The van der Waals surface area contributed by atoms with Crippen LogP contribution < -0.4 is 4.90 Å². The average Bonchev–Trinajstić information content (AvgIpc) is 2.71. The highest BCUT2D eigenvalue weighted by Crippen LogP contribution is 2.39. The Labute approximate surface area is 157 Å². The van der Waals surface area contributed by atoms with Crippen molar-refractivity contribution in [2.75, 3.05) is 18.0 Å². The molecule has 3 aromatic rings. The number of piperidine rings is 1. The monoisotopic (exact) mass is 341 g/mol. The summed E-state index contributed by atoms with van der Waals surface area (Å²) in [6.45, 7) is 2.29. The summed E-state index contributed by atoms with van der Waals surface area (Å²) in [7, 11) is 0. The maximum Gasteiger partial charge on any atom is 0.0366 e. The SMILES string of the molecule is c1ccc(CC2(Cc3ccccc3)CCN(c3ccccc3)CC2)cc1. The van der Waals surface area contributed by atoms with Gasteiger partial charge in [0.15, 0.2) is 0 Å². The van der Waals surface area contributed by atoms with Crippen LogP contribution in [0, 0.1) is 5.41 Å². The second-order valence-corrected chi connectivity index (χ2v) is 7.65. The topological polar surface area (TPSA) is 3.24 Å². The number of nitrogens with zero attached hydrogens (tertiary/aromatic N) is 1. The molecule has 3 aromatic carbocycles. The van der Waals surface area contributed by atoms with Gasteiger partial charge in [0.25, 0.3) is 0 Å². The smallest absolute Gasteiger partial charge is 0.0366 e. The molecule has 1 heterocycles. The molecule has 0 spiro atoms. The molecule has 0 atom stereocenters. The molecule has 132 valence electrons. The van der Waals surface area contributed by atoms with Crippen LogP contribution in [0.2, 0.25) is 0 Å². The van der Waals surface area contributed by atoms with Crippen molar-refractivity contribution in [1.82, 2.24) is 0 Å². The lowest BCUT2D eigenvalue weighted by molar-refractivity contribution is 0.214. The number of hydrogen-bond donors (Lipinski definition) is 0. The molecule has 1 saturated heterocycles. The van der Waals surface area contributed by atoms with E-state index in [-0.39, 0.29) is 0 Å². The summed E-state index contributed by atoms with van der Waals surface area (Å²) >= 11 is 0. The molecule has 0 N–H and O–H groups in total. The van der Waals surface area contributed by atoms with E-state index in [2.05, 4.69) is 95.9 Å². The van der Waals surface area contributed by atoms with E-state index in [0.29, 0.717) is 5.41 Å². The second-order valence-electron chi connectivity index (χ2n) is 7.65. The van der Waals surface area contributed by atoms with Gasteiger partial charge in [-0.2, -0.15) is 0 Å². The van der Waals surface area contributed by atoms with Crippen molar-refractivity contribution in [1.29, 1.82) is 0 Å². The minimum atomic E-state index is 0.355. The van der Waals surface area contributed by atoms with Gasteiger partial charge < -0.3 is 4.90 Å². The summed E-state index contributed by atoms with van der Waals surface area (Å²) in [6, 6.07) is 32.9. The fourth-order valence-corrected chi connectivity index (χ4v) is 4.35. The molecule has 1 heteroatoms. The van der Waals surface area contributed by atoms with Gasteiger partial charge in [-0.25, -0.2) is 0 Å². The third-order valence-electron chi connectivity index (χ3n) is 5.79. The summed E-state index contributed by atoms with van der Waals surface area (Å²) in [5, 5.41) is 0. The van der Waals surface area contributed by atoms with Gasteiger partial charge in [0, 0.05) is 18.8 Å². The molecule has 1 aliphatic heterocycles. The minimum absolute atomic E-state index is 0.355. The zero-order valence-corrected chi connectivity index (χ0v) is 15.4. The van der Waals surface area contributed by atoms with Gasteiger partial charge in [0.05, 0.1) is 0 Å². The van der Waals surface area contributed by atoms with E-state index >= 15 is 0 Å². The Morgan fingerprint density at radius 2 is 1.00 bits per heavy atom. The summed E-state index contributed by atoms with van der Waals surface area (Å²) < 4.78 is 0. The number of rotatable bonds is 5. The molecule has 0 unspecified atom stereocenters. The molecule has 0 amide bonds. The van der Waals surface area contributed by atoms with Crippen LogP contribution >= 0.6 is 0 Å². The van der Waals surface area contributed by atoms with Gasteiger partial charge in [-0.15, -0.1) is 0 Å². The molecule has 0 saturated carbocycles. The molecule has 0 radical (unpaired) electrons. The maximum absolute atomic E-state index is 2.55. The summed E-state index contributed by atoms with van der Waals surface area (Å²) in [5.74, 6) is 0. The first-order chi connectivity index (χ1) is 12.8. The average molecular weight is 341 g/mol. The number of anilines is 1. The number of para-hydroxylation sites is 1. The molecular weight excluding hydrogens is 314 g/mol.